The van der Waals surface area contributed by atoms with Crippen LogP contribution in [0.1, 0.15) is 56.1 Å². The van der Waals surface area contributed by atoms with Gasteiger partial charge in [0.15, 0.2) is 0 Å². The molecule has 1 unspecified atom stereocenters. The number of allylic oxidation sites excluding steroid dienone is 1. The van der Waals surface area contributed by atoms with Crippen molar-refractivity contribution in [2.75, 3.05) is 0 Å². The van der Waals surface area contributed by atoms with Crippen molar-refractivity contribution in [3.05, 3.63) is 42.0 Å². The number of phenols is 1. The minimum Gasteiger partial charge on any atom is -0.508 e. The Bertz CT molecular complexity index is 622. The summed E-state index contributed by atoms with van der Waals surface area (Å²) >= 11 is 0. The van der Waals surface area contributed by atoms with E-state index >= 15 is 0 Å². The first kappa shape index (κ1) is 14.3. The van der Waals surface area contributed by atoms with Gasteiger partial charge in [0.05, 0.1) is 6.10 Å². The first-order chi connectivity index (χ1) is 10.5. The summed E-state index contributed by atoms with van der Waals surface area (Å²) in [7, 11) is 0. The second-order valence-electron chi connectivity index (χ2n) is 7.94. The minimum atomic E-state index is -0.156. The van der Waals surface area contributed by atoms with E-state index < -0.39 is 0 Å². The molecule has 2 fully saturated rings. The first-order valence-electron chi connectivity index (χ1n) is 8.65. The van der Waals surface area contributed by atoms with Crippen molar-refractivity contribution in [2.45, 2.75) is 57.5 Å². The smallest absolute Gasteiger partial charge is 0.115 e. The lowest BCUT2D eigenvalue weighted by atomic mass is 9.47. The van der Waals surface area contributed by atoms with E-state index in [9.17, 15) is 10.2 Å². The van der Waals surface area contributed by atoms with Crippen LogP contribution in [0.4, 0.5) is 0 Å². The zero-order valence-electron chi connectivity index (χ0n) is 13.4. The molecule has 22 heavy (non-hydrogen) atoms. The standard InChI is InChI=1S/C20H26O2/c1-3-20-11-8-13-12-14(21)4-5-15(13)16(20)9-10-19(2)17(20)6-7-18(19)22/h3-5,12,16-18,21-22H,1,6-11H2,2H3/t16-,17?,18+,19+,20-/m1/s1. The number of fused-ring (bicyclic) bond motifs is 5. The number of phenolic OH excluding ortho intramolecular Hbond substituents is 1. The molecule has 0 bridgehead atoms. The molecule has 4 rings (SSSR count). The van der Waals surface area contributed by atoms with Gasteiger partial charge in [0.2, 0.25) is 0 Å². The molecular formula is C20H26O2. The summed E-state index contributed by atoms with van der Waals surface area (Å²) in [5, 5.41) is 20.3. The highest BCUT2D eigenvalue weighted by atomic mass is 16.3. The van der Waals surface area contributed by atoms with Crippen LogP contribution in [0, 0.1) is 16.7 Å². The summed E-state index contributed by atoms with van der Waals surface area (Å²) in [5.41, 5.74) is 2.89. The number of aliphatic hydroxyl groups excluding tert-OH is 1. The average Bonchev–Trinajstić information content (AvgIpc) is 2.82. The third-order valence-corrected chi connectivity index (χ3v) is 7.26. The molecule has 1 aromatic carbocycles. The Labute approximate surface area is 132 Å². The van der Waals surface area contributed by atoms with Crippen molar-refractivity contribution in [3.8, 4) is 5.75 Å². The van der Waals surface area contributed by atoms with Gasteiger partial charge in [-0.3, -0.25) is 0 Å². The van der Waals surface area contributed by atoms with E-state index in [1.54, 1.807) is 0 Å². The Morgan fingerprint density at radius 3 is 2.82 bits per heavy atom. The number of hydrogen-bond acceptors (Lipinski definition) is 2. The molecule has 0 saturated heterocycles. The summed E-state index contributed by atoms with van der Waals surface area (Å²) in [4.78, 5) is 0. The van der Waals surface area contributed by atoms with Gasteiger partial charge in [-0.1, -0.05) is 19.1 Å². The molecule has 0 radical (unpaired) electrons. The summed E-state index contributed by atoms with van der Waals surface area (Å²) in [6, 6.07) is 5.90. The van der Waals surface area contributed by atoms with Crippen LogP contribution >= 0.6 is 0 Å². The van der Waals surface area contributed by atoms with Gasteiger partial charge >= 0.3 is 0 Å². The highest BCUT2D eigenvalue weighted by molar-refractivity contribution is 5.42. The predicted octanol–water partition coefficient (Wildman–Crippen LogP) is 4.17. The Morgan fingerprint density at radius 1 is 1.23 bits per heavy atom. The monoisotopic (exact) mass is 298 g/mol. The van der Waals surface area contributed by atoms with E-state index in [2.05, 4.69) is 25.6 Å². The SMILES string of the molecule is C=C[C@@]12CCc3cc(O)ccc3[C@H]1CC[C@@]1(C)C2CC[C@@H]1O. The van der Waals surface area contributed by atoms with E-state index in [1.807, 2.05) is 12.1 Å². The van der Waals surface area contributed by atoms with Crippen molar-refractivity contribution in [2.24, 2.45) is 16.7 Å². The topological polar surface area (TPSA) is 40.5 Å². The van der Waals surface area contributed by atoms with Crippen LogP contribution in [0.25, 0.3) is 0 Å². The molecule has 0 aromatic heterocycles. The second kappa shape index (κ2) is 4.61. The second-order valence-corrected chi connectivity index (χ2v) is 7.94. The number of aryl methyl sites for hydroxylation is 1. The Hall–Kier alpha value is -1.28. The average molecular weight is 298 g/mol. The lowest BCUT2D eigenvalue weighted by molar-refractivity contribution is -0.0528. The highest BCUT2D eigenvalue weighted by Gasteiger charge is 2.60. The summed E-state index contributed by atoms with van der Waals surface area (Å²) in [6.07, 6.45) is 8.44. The third-order valence-electron chi connectivity index (χ3n) is 7.26. The molecule has 118 valence electrons. The van der Waals surface area contributed by atoms with E-state index in [4.69, 9.17) is 0 Å². The highest BCUT2D eigenvalue weighted by Crippen LogP contribution is 2.67. The number of rotatable bonds is 1. The maximum absolute atomic E-state index is 10.5. The molecule has 2 nitrogen and oxygen atoms in total. The van der Waals surface area contributed by atoms with Gasteiger partial charge < -0.3 is 10.2 Å². The maximum atomic E-state index is 10.5. The fraction of sp³-hybridized carbons (Fsp3) is 0.600. The number of benzene rings is 1. The molecule has 2 heteroatoms. The number of hydrogen-bond donors (Lipinski definition) is 2. The molecule has 0 amide bonds. The zero-order valence-corrected chi connectivity index (χ0v) is 13.4. The fourth-order valence-corrected chi connectivity index (χ4v) is 6.09. The van der Waals surface area contributed by atoms with E-state index in [1.165, 1.54) is 11.1 Å². The lowest BCUT2D eigenvalue weighted by Crippen LogP contribution is -2.50. The summed E-state index contributed by atoms with van der Waals surface area (Å²) in [6.45, 7) is 6.53. The van der Waals surface area contributed by atoms with E-state index in [-0.39, 0.29) is 16.9 Å². The van der Waals surface area contributed by atoms with Crippen molar-refractivity contribution >= 4 is 0 Å². The Balaban J connectivity index is 1.83. The van der Waals surface area contributed by atoms with Gasteiger partial charge in [0.25, 0.3) is 0 Å². The van der Waals surface area contributed by atoms with Gasteiger partial charge in [-0.15, -0.1) is 6.58 Å². The van der Waals surface area contributed by atoms with Crippen LogP contribution in [-0.2, 0) is 6.42 Å². The molecule has 3 aliphatic rings. The van der Waals surface area contributed by atoms with E-state index in [0.29, 0.717) is 17.6 Å². The molecule has 1 aromatic rings. The van der Waals surface area contributed by atoms with Crippen LogP contribution in [-0.4, -0.2) is 16.3 Å². The zero-order chi connectivity index (χ0) is 15.5. The van der Waals surface area contributed by atoms with Gasteiger partial charge in [-0.25, -0.2) is 0 Å². The van der Waals surface area contributed by atoms with Crippen LogP contribution in [0.5, 0.6) is 5.75 Å². The third kappa shape index (κ3) is 1.65. The molecule has 2 saturated carbocycles. The van der Waals surface area contributed by atoms with Crippen molar-refractivity contribution in [1.82, 2.24) is 0 Å². The Kier molecular flexibility index (Phi) is 3.00. The molecule has 0 aliphatic heterocycles. The first-order valence-corrected chi connectivity index (χ1v) is 8.65. The number of aromatic hydroxyl groups is 1. The minimum absolute atomic E-state index is 0.0547. The van der Waals surface area contributed by atoms with Gasteiger partial charge in [0.1, 0.15) is 5.75 Å². The van der Waals surface area contributed by atoms with Gasteiger partial charge in [-0.2, -0.15) is 0 Å². The number of aliphatic hydroxyl groups is 1. The fourth-order valence-electron chi connectivity index (χ4n) is 6.09. The van der Waals surface area contributed by atoms with Crippen molar-refractivity contribution in [3.63, 3.8) is 0 Å². The van der Waals surface area contributed by atoms with Crippen LogP contribution in [0.2, 0.25) is 0 Å². The molecule has 2 N–H and O–H groups in total. The van der Waals surface area contributed by atoms with Crippen molar-refractivity contribution in [1.29, 1.82) is 0 Å². The van der Waals surface area contributed by atoms with Gasteiger partial charge in [-0.05, 0) is 84.5 Å². The van der Waals surface area contributed by atoms with Crippen LogP contribution in [0.15, 0.2) is 30.9 Å². The summed E-state index contributed by atoms with van der Waals surface area (Å²) < 4.78 is 0. The Morgan fingerprint density at radius 2 is 2.05 bits per heavy atom. The summed E-state index contributed by atoms with van der Waals surface area (Å²) in [5.74, 6) is 1.41. The van der Waals surface area contributed by atoms with Gasteiger partial charge in [0, 0.05) is 0 Å². The molecule has 5 atom stereocenters. The molecule has 0 heterocycles. The largest absolute Gasteiger partial charge is 0.508 e. The molecule has 3 aliphatic carbocycles. The molecular weight excluding hydrogens is 272 g/mol. The quantitative estimate of drug-likeness (QED) is 0.764. The molecule has 0 spiro atoms. The van der Waals surface area contributed by atoms with Crippen LogP contribution < -0.4 is 0 Å². The van der Waals surface area contributed by atoms with E-state index in [0.717, 1.165) is 38.5 Å². The predicted molar refractivity (Wildman–Crippen MR) is 87.9 cm³/mol. The maximum Gasteiger partial charge on any atom is 0.115 e. The lowest BCUT2D eigenvalue weighted by Gasteiger charge is -2.57. The van der Waals surface area contributed by atoms with Crippen LogP contribution in [0.3, 0.4) is 0 Å². The van der Waals surface area contributed by atoms with Crippen molar-refractivity contribution < 1.29 is 10.2 Å². The normalized spacial score (nSPS) is 43.1.